The number of anilines is 1. The zero-order chi connectivity index (χ0) is 20.6. The molecule has 2 heterocycles. The van der Waals surface area contributed by atoms with Crippen LogP contribution in [-0.4, -0.2) is 38.8 Å². The van der Waals surface area contributed by atoms with Crippen molar-refractivity contribution in [3.05, 3.63) is 45.7 Å². The molecule has 0 unspecified atom stereocenters. The minimum Gasteiger partial charge on any atom is -0.444 e. The van der Waals surface area contributed by atoms with Gasteiger partial charge in [-0.05, 0) is 45.4 Å². The van der Waals surface area contributed by atoms with Crippen molar-refractivity contribution in [3.8, 4) is 0 Å². The van der Waals surface area contributed by atoms with Crippen LogP contribution in [0.4, 0.5) is 10.5 Å². The number of aromatic nitrogens is 2. The lowest BCUT2D eigenvalue weighted by molar-refractivity contribution is 0.0222. The number of hydrogen-bond acceptors (Lipinski definition) is 4. The van der Waals surface area contributed by atoms with Crippen LogP contribution in [0.3, 0.4) is 0 Å². The Balaban J connectivity index is 1.85. The highest BCUT2D eigenvalue weighted by Crippen LogP contribution is 2.27. The van der Waals surface area contributed by atoms with Gasteiger partial charge in [0.1, 0.15) is 11.3 Å². The van der Waals surface area contributed by atoms with E-state index >= 15 is 0 Å². The summed E-state index contributed by atoms with van der Waals surface area (Å²) in [5, 5.41) is 7.97. The Kier molecular flexibility index (Phi) is 5.39. The third-order valence-corrected chi connectivity index (χ3v) is 4.99. The van der Waals surface area contributed by atoms with Gasteiger partial charge in [-0.3, -0.25) is 9.48 Å². The Morgan fingerprint density at radius 1 is 1.29 bits per heavy atom. The fraction of sp³-hybridized carbons (Fsp3) is 0.450. The normalized spacial score (nSPS) is 13.9. The molecule has 0 radical (unpaired) electrons. The van der Waals surface area contributed by atoms with Crippen LogP contribution in [-0.2, 0) is 24.8 Å². The molecule has 0 saturated heterocycles. The molecule has 7 nitrogen and oxygen atoms in total. The van der Waals surface area contributed by atoms with E-state index < -0.39 is 5.60 Å². The van der Waals surface area contributed by atoms with Crippen LogP contribution >= 0.6 is 11.6 Å². The SMILES string of the molecule is Cc1c(Cl)cccc1NC(=O)c1c2c(nn1C)CCN(C(=O)OC(C)(C)C)C2. The molecule has 8 heteroatoms. The van der Waals surface area contributed by atoms with E-state index in [4.69, 9.17) is 16.3 Å². The Morgan fingerprint density at radius 2 is 2.00 bits per heavy atom. The van der Waals surface area contributed by atoms with Gasteiger partial charge in [0.05, 0.1) is 12.2 Å². The second-order valence-electron chi connectivity index (χ2n) is 7.92. The van der Waals surface area contributed by atoms with E-state index in [-0.39, 0.29) is 18.5 Å². The topological polar surface area (TPSA) is 76.5 Å². The number of amides is 2. The highest BCUT2D eigenvalue weighted by Gasteiger charge is 2.31. The number of nitrogens with one attached hydrogen (secondary N) is 1. The second-order valence-corrected chi connectivity index (χ2v) is 8.32. The van der Waals surface area contributed by atoms with E-state index in [2.05, 4.69) is 10.4 Å². The molecule has 1 aliphatic rings. The first-order valence-corrected chi connectivity index (χ1v) is 9.54. The van der Waals surface area contributed by atoms with Gasteiger partial charge in [0.2, 0.25) is 0 Å². The fourth-order valence-corrected chi connectivity index (χ4v) is 3.37. The van der Waals surface area contributed by atoms with Crippen LogP contribution < -0.4 is 5.32 Å². The van der Waals surface area contributed by atoms with Crippen molar-refractivity contribution >= 4 is 29.3 Å². The summed E-state index contributed by atoms with van der Waals surface area (Å²) in [6, 6.07) is 5.36. The van der Waals surface area contributed by atoms with Crippen LogP contribution in [0.25, 0.3) is 0 Å². The smallest absolute Gasteiger partial charge is 0.410 e. The molecule has 28 heavy (non-hydrogen) atoms. The molecule has 0 aliphatic carbocycles. The molecule has 2 amide bonds. The Labute approximate surface area is 169 Å². The van der Waals surface area contributed by atoms with Gasteiger partial charge < -0.3 is 15.0 Å². The van der Waals surface area contributed by atoms with Crippen molar-refractivity contribution in [1.29, 1.82) is 0 Å². The summed E-state index contributed by atoms with van der Waals surface area (Å²) in [7, 11) is 1.73. The molecular formula is C20H25ClN4O3. The van der Waals surface area contributed by atoms with Crippen molar-refractivity contribution in [2.24, 2.45) is 7.05 Å². The summed E-state index contributed by atoms with van der Waals surface area (Å²) < 4.78 is 7.04. The third-order valence-electron chi connectivity index (χ3n) is 4.58. The minimum atomic E-state index is -0.573. The predicted molar refractivity (Wildman–Crippen MR) is 108 cm³/mol. The highest BCUT2D eigenvalue weighted by atomic mass is 35.5. The minimum absolute atomic E-state index is 0.285. The molecule has 1 aliphatic heterocycles. The zero-order valence-corrected chi connectivity index (χ0v) is 17.6. The lowest BCUT2D eigenvalue weighted by atomic mass is 10.0. The van der Waals surface area contributed by atoms with Crippen molar-refractivity contribution < 1.29 is 14.3 Å². The molecule has 1 aromatic carbocycles. The lowest BCUT2D eigenvalue weighted by Gasteiger charge is -2.29. The summed E-state index contributed by atoms with van der Waals surface area (Å²) in [6.45, 7) is 8.13. The van der Waals surface area contributed by atoms with E-state index in [1.807, 2.05) is 27.7 Å². The average molecular weight is 405 g/mol. The molecule has 2 aromatic rings. The fourth-order valence-electron chi connectivity index (χ4n) is 3.19. The molecule has 0 atom stereocenters. The Hall–Kier alpha value is -2.54. The van der Waals surface area contributed by atoms with Gasteiger partial charge in [-0.2, -0.15) is 5.10 Å². The molecule has 0 saturated carbocycles. The van der Waals surface area contributed by atoms with E-state index in [1.54, 1.807) is 34.8 Å². The van der Waals surface area contributed by atoms with Gasteiger partial charge in [-0.25, -0.2) is 4.79 Å². The van der Waals surface area contributed by atoms with Crippen LogP contribution in [0.1, 0.15) is 48.1 Å². The van der Waals surface area contributed by atoms with Gasteiger partial charge >= 0.3 is 6.09 Å². The Bertz CT molecular complexity index is 930. The quantitative estimate of drug-likeness (QED) is 0.822. The molecule has 0 bridgehead atoms. The van der Waals surface area contributed by atoms with Crippen LogP contribution in [0, 0.1) is 6.92 Å². The zero-order valence-electron chi connectivity index (χ0n) is 16.8. The van der Waals surface area contributed by atoms with Crippen molar-refractivity contribution in [2.75, 3.05) is 11.9 Å². The number of nitrogens with zero attached hydrogens (tertiary/aromatic N) is 3. The first-order chi connectivity index (χ1) is 13.1. The number of carbonyl (C=O) groups excluding carboxylic acids is 2. The maximum Gasteiger partial charge on any atom is 0.410 e. The molecule has 0 fully saturated rings. The number of halogens is 1. The van der Waals surface area contributed by atoms with Gasteiger partial charge in [0.25, 0.3) is 5.91 Å². The van der Waals surface area contributed by atoms with Crippen LogP contribution in [0.15, 0.2) is 18.2 Å². The van der Waals surface area contributed by atoms with E-state index in [1.165, 1.54) is 0 Å². The number of aryl methyl sites for hydroxylation is 1. The molecule has 1 aromatic heterocycles. The van der Waals surface area contributed by atoms with Gasteiger partial charge in [0.15, 0.2) is 0 Å². The summed E-state index contributed by atoms with van der Waals surface area (Å²) in [6.07, 6.45) is 0.186. The molecule has 0 spiro atoms. The summed E-state index contributed by atoms with van der Waals surface area (Å²) in [4.78, 5) is 27.0. The number of fused-ring (bicyclic) bond motifs is 1. The number of rotatable bonds is 2. The highest BCUT2D eigenvalue weighted by molar-refractivity contribution is 6.31. The van der Waals surface area contributed by atoms with Gasteiger partial charge in [-0.1, -0.05) is 17.7 Å². The molecule has 1 N–H and O–H groups in total. The lowest BCUT2D eigenvalue weighted by Crippen LogP contribution is -2.40. The maximum atomic E-state index is 13.0. The Morgan fingerprint density at radius 3 is 2.68 bits per heavy atom. The first-order valence-electron chi connectivity index (χ1n) is 9.16. The maximum absolute atomic E-state index is 13.0. The number of carbonyl (C=O) groups is 2. The number of benzene rings is 1. The van der Waals surface area contributed by atoms with Crippen molar-refractivity contribution in [3.63, 3.8) is 0 Å². The van der Waals surface area contributed by atoms with E-state index in [9.17, 15) is 9.59 Å². The summed E-state index contributed by atoms with van der Waals surface area (Å²) in [5.41, 5.74) is 2.88. The van der Waals surface area contributed by atoms with Crippen molar-refractivity contribution in [1.82, 2.24) is 14.7 Å². The number of ether oxygens (including phenoxy) is 1. The largest absolute Gasteiger partial charge is 0.444 e. The first kappa shape index (κ1) is 20.2. The average Bonchev–Trinajstić information content (AvgIpc) is 2.92. The monoisotopic (exact) mass is 404 g/mol. The molecular weight excluding hydrogens is 380 g/mol. The molecule has 150 valence electrons. The van der Waals surface area contributed by atoms with Gasteiger partial charge in [0, 0.05) is 36.3 Å². The molecule has 3 rings (SSSR count). The third kappa shape index (κ3) is 4.14. The number of hydrogen-bond donors (Lipinski definition) is 1. The van der Waals surface area contributed by atoms with Crippen LogP contribution in [0.2, 0.25) is 5.02 Å². The predicted octanol–water partition coefficient (Wildman–Crippen LogP) is 3.93. The van der Waals surface area contributed by atoms with Crippen molar-refractivity contribution in [2.45, 2.75) is 46.3 Å². The van der Waals surface area contributed by atoms with E-state index in [0.717, 1.165) is 16.8 Å². The van der Waals surface area contributed by atoms with Crippen LogP contribution in [0.5, 0.6) is 0 Å². The van der Waals surface area contributed by atoms with Gasteiger partial charge in [-0.15, -0.1) is 0 Å². The standard InChI is InChI=1S/C20H25ClN4O3/c1-12-14(21)7-6-8-15(12)22-18(26)17-13-11-25(19(27)28-20(2,3)4)10-9-16(13)23-24(17)5/h6-8H,9-11H2,1-5H3,(H,22,26). The van der Waals surface area contributed by atoms with E-state index in [0.29, 0.717) is 29.4 Å². The second kappa shape index (κ2) is 7.47. The summed E-state index contributed by atoms with van der Waals surface area (Å²) in [5.74, 6) is -0.285. The summed E-state index contributed by atoms with van der Waals surface area (Å²) >= 11 is 6.15.